The molecule has 4 heteroatoms. The molecule has 0 unspecified atom stereocenters. The Kier molecular flexibility index (Phi) is 3.37. The Bertz CT molecular complexity index is 370. The summed E-state index contributed by atoms with van der Waals surface area (Å²) in [5.74, 6) is -0.299. The Morgan fingerprint density at radius 1 is 1.50 bits per heavy atom. The van der Waals surface area contributed by atoms with Gasteiger partial charge in [-0.2, -0.15) is 0 Å². The summed E-state index contributed by atoms with van der Waals surface area (Å²) >= 11 is 0. The first kappa shape index (κ1) is 10.4. The number of isocyanates is 1. The maximum atomic E-state index is 12.9. The molecule has 1 aromatic carbocycles. The molecule has 74 valence electrons. The van der Waals surface area contributed by atoms with Gasteiger partial charge in [0.2, 0.25) is 6.08 Å². The van der Waals surface area contributed by atoms with Crippen molar-refractivity contribution in [3.05, 3.63) is 29.6 Å². The molecule has 0 saturated carbocycles. The molecule has 1 rings (SSSR count). The van der Waals surface area contributed by atoms with Crippen LogP contribution >= 0.6 is 0 Å². The highest BCUT2D eigenvalue weighted by molar-refractivity contribution is 5.53. The van der Waals surface area contributed by atoms with E-state index in [0.29, 0.717) is 0 Å². The summed E-state index contributed by atoms with van der Waals surface area (Å²) in [7, 11) is 3.62. The van der Waals surface area contributed by atoms with E-state index < -0.39 is 0 Å². The molecule has 0 radical (unpaired) electrons. The summed E-state index contributed by atoms with van der Waals surface area (Å²) < 4.78 is 12.9. The molecule has 0 amide bonds. The number of benzene rings is 1. The third kappa shape index (κ3) is 2.41. The van der Waals surface area contributed by atoms with E-state index in [2.05, 4.69) is 4.99 Å². The fraction of sp³-hybridized carbons (Fsp3) is 0.300. The third-order valence-electron chi connectivity index (χ3n) is 1.84. The Labute approximate surface area is 81.9 Å². The van der Waals surface area contributed by atoms with Crippen molar-refractivity contribution in [1.29, 1.82) is 0 Å². The van der Waals surface area contributed by atoms with Crippen molar-refractivity contribution < 1.29 is 9.18 Å². The van der Waals surface area contributed by atoms with Gasteiger partial charge in [-0.25, -0.2) is 14.2 Å². The standard InChI is InChI=1S/C10H11FN2O/c1-13(2)10-5-9(11)4-3-8(10)6-12-7-14/h3-5H,6H2,1-2H3. The molecule has 0 fully saturated rings. The lowest BCUT2D eigenvalue weighted by Crippen LogP contribution is -2.11. The average Bonchev–Trinajstić information content (AvgIpc) is 2.15. The number of rotatable bonds is 3. The summed E-state index contributed by atoms with van der Waals surface area (Å²) in [6, 6.07) is 4.38. The minimum atomic E-state index is -0.299. The summed E-state index contributed by atoms with van der Waals surface area (Å²) in [6.07, 6.45) is 1.46. The number of anilines is 1. The first-order valence-electron chi connectivity index (χ1n) is 4.14. The van der Waals surface area contributed by atoms with Crippen LogP contribution in [0.5, 0.6) is 0 Å². The van der Waals surface area contributed by atoms with E-state index in [9.17, 15) is 9.18 Å². The lowest BCUT2D eigenvalue weighted by molar-refractivity contribution is 0.563. The number of halogens is 1. The predicted octanol–water partition coefficient (Wildman–Crippen LogP) is 1.73. The zero-order valence-electron chi connectivity index (χ0n) is 8.12. The maximum absolute atomic E-state index is 12.9. The van der Waals surface area contributed by atoms with E-state index >= 15 is 0 Å². The Balaban J connectivity index is 3.07. The highest BCUT2D eigenvalue weighted by atomic mass is 19.1. The molecule has 0 N–H and O–H groups in total. The highest BCUT2D eigenvalue weighted by Gasteiger charge is 2.05. The van der Waals surface area contributed by atoms with Crippen LogP contribution in [0.15, 0.2) is 23.2 Å². The van der Waals surface area contributed by atoms with Gasteiger partial charge in [0.25, 0.3) is 0 Å². The summed E-state index contributed by atoms with van der Waals surface area (Å²) in [5, 5.41) is 0. The number of nitrogens with zero attached hydrogens (tertiary/aromatic N) is 2. The first-order valence-corrected chi connectivity index (χ1v) is 4.14. The molecule has 14 heavy (non-hydrogen) atoms. The first-order chi connectivity index (χ1) is 6.65. The average molecular weight is 194 g/mol. The van der Waals surface area contributed by atoms with E-state index in [1.54, 1.807) is 11.0 Å². The molecule has 0 aliphatic rings. The van der Waals surface area contributed by atoms with E-state index in [4.69, 9.17) is 0 Å². The van der Waals surface area contributed by atoms with E-state index in [-0.39, 0.29) is 12.4 Å². The highest BCUT2D eigenvalue weighted by Crippen LogP contribution is 2.20. The van der Waals surface area contributed by atoms with Gasteiger partial charge in [-0.15, -0.1) is 0 Å². The lowest BCUT2D eigenvalue weighted by Gasteiger charge is -2.16. The van der Waals surface area contributed by atoms with Crippen molar-refractivity contribution in [3.63, 3.8) is 0 Å². The molecule has 1 aromatic rings. The van der Waals surface area contributed by atoms with Crippen LogP contribution in [-0.4, -0.2) is 20.2 Å². The Morgan fingerprint density at radius 3 is 2.79 bits per heavy atom. The fourth-order valence-corrected chi connectivity index (χ4v) is 1.20. The fourth-order valence-electron chi connectivity index (χ4n) is 1.20. The van der Waals surface area contributed by atoms with Gasteiger partial charge in [0.15, 0.2) is 0 Å². The molecule has 0 aliphatic heterocycles. The quantitative estimate of drug-likeness (QED) is 0.542. The van der Waals surface area contributed by atoms with Gasteiger partial charge in [-0.1, -0.05) is 6.07 Å². The molecular formula is C10H11FN2O. The zero-order chi connectivity index (χ0) is 10.6. The Hall–Kier alpha value is -1.67. The van der Waals surface area contributed by atoms with Crippen LogP contribution in [-0.2, 0) is 11.3 Å². The van der Waals surface area contributed by atoms with Crippen molar-refractivity contribution in [2.75, 3.05) is 19.0 Å². The molecule has 0 heterocycles. The number of hydrogen-bond acceptors (Lipinski definition) is 3. The Morgan fingerprint density at radius 2 is 2.21 bits per heavy atom. The molecule has 0 bridgehead atoms. The molecular weight excluding hydrogens is 183 g/mol. The van der Waals surface area contributed by atoms with E-state index in [1.807, 2.05) is 14.1 Å². The smallest absolute Gasteiger partial charge is 0.235 e. The third-order valence-corrected chi connectivity index (χ3v) is 1.84. The topological polar surface area (TPSA) is 32.7 Å². The van der Waals surface area contributed by atoms with Gasteiger partial charge >= 0.3 is 0 Å². The maximum Gasteiger partial charge on any atom is 0.235 e. The second kappa shape index (κ2) is 4.53. The summed E-state index contributed by atoms with van der Waals surface area (Å²) in [4.78, 5) is 15.2. The molecule has 3 nitrogen and oxygen atoms in total. The monoisotopic (exact) mass is 194 g/mol. The minimum Gasteiger partial charge on any atom is -0.377 e. The molecule has 0 atom stereocenters. The number of hydrogen-bond donors (Lipinski definition) is 0. The van der Waals surface area contributed by atoms with Crippen LogP contribution in [0.1, 0.15) is 5.56 Å². The van der Waals surface area contributed by atoms with Crippen molar-refractivity contribution >= 4 is 11.8 Å². The molecule has 0 aromatic heterocycles. The van der Waals surface area contributed by atoms with Crippen LogP contribution in [0.25, 0.3) is 0 Å². The predicted molar refractivity (Wildman–Crippen MR) is 52.6 cm³/mol. The van der Waals surface area contributed by atoms with Gasteiger partial charge in [0.1, 0.15) is 5.82 Å². The van der Waals surface area contributed by atoms with Crippen molar-refractivity contribution in [2.24, 2.45) is 4.99 Å². The van der Waals surface area contributed by atoms with Crippen LogP contribution in [0.2, 0.25) is 0 Å². The molecule has 0 aliphatic carbocycles. The van der Waals surface area contributed by atoms with Crippen LogP contribution in [0.3, 0.4) is 0 Å². The largest absolute Gasteiger partial charge is 0.377 e. The molecule has 0 spiro atoms. The second-order valence-electron chi connectivity index (χ2n) is 3.07. The van der Waals surface area contributed by atoms with E-state index in [1.165, 1.54) is 18.2 Å². The normalized spacial score (nSPS) is 9.36. The van der Waals surface area contributed by atoms with Gasteiger partial charge in [0.05, 0.1) is 6.54 Å². The lowest BCUT2D eigenvalue weighted by atomic mass is 10.1. The SMILES string of the molecule is CN(C)c1cc(F)ccc1CN=C=O. The van der Waals surface area contributed by atoms with Crippen molar-refractivity contribution in [1.82, 2.24) is 0 Å². The van der Waals surface area contributed by atoms with Crippen molar-refractivity contribution in [3.8, 4) is 0 Å². The van der Waals surface area contributed by atoms with Crippen LogP contribution in [0.4, 0.5) is 10.1 Å². The van der Waals surface area contributed by atoms with Gasteiger partial charge < -0.3 is 4.90 Å². The van der Waals surface area contributed by atoms with Gasteiger partial charge in [-0.3, -0.25) is 0 Å². The van der Waals surface area contributed by atoms with Crippen LogP contribution in [0, 0.1) is 5.82 Å². The van der Waals surface area contributed by atoms with Gasteiger partial charge in [-0.05, 0) is 17.7 Å². The summed E-state index contributed by atoms with van der Waals surface area (Å²) in [5.41, 5.74) is 1.53. The number of carbonyl (C=O) groups excluding carboxylic acids is 1. The second-order valence-corrected chi connectivity index (χ2v) is 3.07. The van der Waals surface area contributed by atoms with E-state index in [0.717, 1.165) is 11.3 Å². The molecule has 0 saturated heterocycles. The number of aliphatic imine (C=N–C) groups is 1. The van der Waals surface area contributed by atoms with Crippen LogP contribution < -0.4 is 4.90 Å². The zero-order valence-corrected chi connectivity index (χ0v) is 8.12. The minimum absolute atomic E-state index is 0.233. The van der Waals surface area contributed by atoms with Gasteiger partial charge in [0, 0.05) is 19.8 Å². The summed E-state index contributed by atoms with van der Waals surface area (Å²) in [6.45, 7) is 0.233. The van der Waals surface area contributed by atoms with Crippen molar-refractivity contribution in [2.45, 2.75) is 6.54 Å².